The molecular formula is C19H21F3N4O. The summed E-state index contributed by atoms with van der Waals surface area (Å²) in [5, 5.41) is 3.26. The lowest BCUT2D eigenvalue weighted by Crippen LogP contribution is -2.29. The molecule has 3 rings (SSSR count). The number of aromatic nitrogens is 2. The van der Waals surface area contributed by atoms with E-state index in [1.807, 2.05) is 6.92 Å². The maximum Gasteiger partial charge on any atom is 0.416 e. The number of carbonyl (C=O) groups excluding carboxylic acids is 1. The second kappa shape index (κ2) is 7.54. The van der Waals surface area contributed by atoms with Crippen molar-refractivity contribution in [2.45, 2.75) is 45.5 Å². The van der Waals surface area contributed by atoms with Gasteiger partial charge < -0.3 is 10.2 Å². The minimum atomic E-state index is -4.44. The third kappa shape index (κ3) is 4.37. The van der Waals surface area contributed by atoms with Crippen molar-refractivity contribution in [1.82, 2.24) is 14.9 Å². The largest absolute Gasteiger partial charge is 0.416 e. The number of rotatable bonds is 5. The van der Waals surface area contributed by atoms with Crippen LogP contribution in [0, 0.1) is 6.92 Å². The molecule has 2 aromatic rings. The van der Waals surface area contributed by atoms with E-state index in [2.05, 4.69) is 15.3 Å². The molecule has 5 nitrogen and oxygen atoms in total. The van der Waals surface area contributed by atoms with Gasteiger partial charge >= 0.3 is 6.18 Å². The summed E-state index contributed by atoms with van der Waals surface area (Å²) in [6, 6.07) is 5.17. The average molecular weight is 378 g/mol. The molecule has 1 fully saturated rings. The first-order valence-electron chi connectivity index (χ1n) is 8.80. The summed E-state index contributed by atoms with van der Waals surface area (Å²) in [6.45, 7) is 4.04. The summed E-state index contributed by atoms with van der Waals surface area (Å²) in [6.07, 6.45) is -1.73. The second-order valence-corrected chi connectivity index (χ2v) is 6.62. The number of hydrogen-bond acceptors (Lipinski definition) is 4. The molecule has 1 saturated heterocycles. The molecule has 1 atom stereocenters. The van der Waals surface area contributed by atoms with E-state index in [1.54, 1.807) is 19.2 Å². The number of nitrogens with zero attached hydrogens (tertiary/aromatic N) is 3. The van der Waals surface area contributed by atoms with Crippen LogP contribution >= 0.6 is 0 Å². The standard InChI is InChI=1S/C19H21F3N4O/c1-3-13-9-23-12(2)24-18(13)25-15-8-17(27)26(11-15)10-14-6-4-5-7-16(14)19(20,21)22/h4-7,9,15H,3,8,10-11H2,1-2H3,(H,23,24,25)/t15-/m0/s1. The number of hydrogen-bond donors (Lipinski definition) is 1. The highest BCUT2D eigenvalue weighted by Gasteiger charge is 2.35. The third-order valence-corrected chi connectivity index (χ3v) is 4.61. The van der Waals surface area contributed by atoms with E-state index < -0.39 is 11.7 Å². The Balaban J connectivity index is 1.73. The number of aryl methyl sites for hydroxylation is 2. The fraction of sp³-hybridized carbons (Fsp3) is 0.421. The Hall–Kier alpha value is -2.64. The molecule has 144 valence electrons. The zero-order chi connectivity index (χ0) is 19.6. The predicted octanol–water partition coefficient (Wildman–Crippen LogP) is 3.58. The Bertz CT molecular complexity index is 838. The molecule has 0 saturated carbocycles. The number of alkyl halides is 3. The van der Waals surface area contributed by atoms with Crippen molar-refractivity contribution < 1.29 is 18.0 Å². The Labute approximate surface area is 155 Å². The van der Waals surface area contributed by atoms with Gasteiger partial charge in [0.2, 0.25) is 5.91 Å². The molecule has 0 unspecified atom stereocenters. The van der Waals surface area contributed by atoms with Crippen LogP contribution in [-0.2, 0) is 23.9 Å². The summed E-state index contributed by atoms with van der Waals surface area (Å²) >= 11 is 0. The van der Waals surface area contributed by atoms with E-state index in [9.17, 15) is 18.0 Å². The van der Waals surface area contributed by atoms with Crippen LogP contribution in [0.2, 0.25) is 0 Å². The van der Waals surface area contributed by atoms with Gasteiger partial charge in [0.25, 0.3) is 0 Å². The minimum Gasteiger partial charge on any atom is -0.365 e. The Morgan fingerprint density at radius 3 is 2.70 bits per heavy atom. The molecular weight excluding hydrogens is 357 g/mol. The molecule has 0 radical (unpaired) electrons. The van der Waals surface area contributed by atoms with Gasteiger partial charge in [0.1, 0.15) is 11.6 Å². The van der Waals surface area contributed by atoms with Crippen LogP contribution in [0.5, 0.6) is 0 Å². The first-order valence-corrected chi connectivity index (χ1v) is 8.80. The smallest absolute Gasteiger partial charge is 0.365 e. The lowest BCUT2D eigenvalue weighted by Gasteiger charge is -2.20. The van der Waals surface area contributed by atoms with Gasteiger partial charge in [0, 0.05) is 31.3 Å². The number of anilines is 1. The third-order valence-electron chi connectivity index (χ3n) is 4.61. The monoisotopic (exact) mass is 378 g/mol. The zero-order valence-electron chi connectivity index (χ0n) is 15.2. The molecule has 1 aromatic heterocycles. The first kappa shape index (κ1) is 19.1. The van der Waals surface area contributed by atoms with Crippen LogP contribution in [0.25, 0.3) is 0 Å². The molecule has 1 aliphatic rings. The molecule has 1 amide bonds. The van der Waals surface area contributed by atoms with E-state index >= 15 is 0 Å². The fourth-order valence-corrected chi connectivity index (χ4v) is 3.23. The van der Waals surface area contributed by atoms with Gasteiger partial charge in [-0.05, 0) is 25.0 Å². The van der Waals surface area contributed by atoms with E-state index in [1.165, 1.54) is 17.0 Å². The Morgan fingerprint density at radius 1 is 1.26 bits per heavy atom. The fourth-order valence-electron chi connectivity index (χ4n) is 3.23. The summed E-state index contributed by atoms with van der Waals surface area (Å²) < 4.78 is 39.5. The van der Waals surface area contributed by atoms with Gasteiger partial charge in [0.15, 0.2) is 0 Å². The highest BCUT2D eigenvalue weighted by atomic mass is 19.4. The van der Waals surface area contributed by atoms with E-state index in [0.717, 1.165) is 18.1 Å². The van der Waals surface area contributed by atoms with Crippen LogP contribution in [-0.4, -0.2) is 33.4 Å². The van der Waals surface area contributed by atoms with Gasteiger partial charge in [-0.25, -0.2) is 9.97 Å². The molecule has 1 aliphatic heterocycles. The Morgan fingerprint density at radius 2 is 2.00 bits per heavy atom. The molecule has 0 aliphatic carbocycles. The number of nitrogens with one attached hydrogen (secondary N) is 1. The topological polar surface area (TPSA) is 58.1 Å². The lowest BCUT2D eigenvalue weighted by molar-refractivity contribution is -0.139. The SMILES string of the molecule is CCc1cnc(C)nc1N[C@H]1CC(=O)N(Cc2ccccc2C(F)(F)F)C1. The lowest BCUT2D eigenvalue weighted by atomic mass is 10.1. The number of halogens is 3. The van der Waals surface area contributed by atoms with Gasteiger partial charge in [-0.1, -0.05) is 25.1 Å². The molecule has 0 bridgehead atoms. The number of likely N-dealkylation sites (tertiary alicyclic amines) is 1. The summed E-state index contributed by atoms with van der Waals surface area (Å²) in [7, 11) is 0. The van der Waals surface area contributed by atoms with Crippen LogP contribution in [0.4, 0.5) is 19.0 Å². The van der Waals surface area contributed by atoms with Crippen molar-refractivity contribution in [3.8, 4) is 0 Å². The highest BCUT2D eigenvalue weighted by Crippen LogP contribution is 2.33. The van der Waals surface area contributed by atoms with Crippen LogP contribution < -0.4 is 5.32 Å². The van der Waals surface area contributed by atoms with Gasteiger partial charge in [-0.15, -0.1) is 0 Å². The van der Waals surface area contributed by atoms with Crippen LogP contribution in [0.3, 0.4) is 0 Å². The van der Waals surface area contributed by atoms with Gasteiger partial charge in [-0.3, -0.25) is 4.79 Å². The molecule has 0 spiro atoms. The van der Waals surface area contributed by atoms with Gasteiger partial charge in [0.05, 0.1) is 11.6 Å². The normalized spacial score (nSPS) is 17.4. The molecule has 27 heavy (non-hydrogen) atoms. The van der Waals surface area contributed by atoms with Crippen LogP contribution in [0.15, 0.2) is 30.5 Å². The molecule has 1 N–H and O–H groups in total. The summed E-state index contributed by atoms with van der Waals surface area (Å²) in [4.78, 5) is 22.3. The second-order valence-electron chi connectivity index (χ2n) is 6.62. The summed E-state index contributed by atoms with van der Waals surface area (Å²) in [5.74, 6) is 1.13. The molecule has 8 heteroatoms. The minimum absolute atomic E-state index is 0.0594. The van der Waals surface area contributed by atoms with Crippen molar-refractivity contribution in [1.29, 1.82) is 0 Å². The predicted molar refractivity (Wildman–Crippen MR) is 95.0 cm³/mol. The van der Waals surface area contributed by atoms with Crippen molar-refractivity contribution in [3.63, 3.8) is 0 Å². The maximum absolute atomic E-state index is 13.2. The van der Waals surface area contributed by atoms with E-state index in [-0.39, 0.29) is 30.5 Å². The van der Waals surface area contributed by atoms with Crippen molar-refractivity contribution >= 4 is 11.7 Å². The molecule has 2 heterocycles. The van der Waals surface area contributed by atoms with Crippen molar-refractivity contribution in [2.24, 2.45) is 0 Å². The van der Waals surface area contributed by atoms with Crippen molar-refractivity contribution in [3.05, 3.63) is 53.0 Å². The number of benzene rings is 1. The number of carbonyl (C=O) groups is 1. The highest BCUT2D eigenvalue weighted by molar-refractivity contribution is 5.80. The first-order chi connectivity index (χ1) is 12.8. The van der Waals surface area contributed by atoms with E-state index in [0.29, 0.717) is 18.2 Å². The number of amides is 1. The van der Waals surface area contributed by atoms with E-state index in [4.69, 9.17) is 0 Å². The van der Waals surface area contributed by atoms with Gasteiger partial charge in [-0.2, -0.15) is 13.2 Å². The van der Waals surface area contributed by atoms with Crippen LogP contribution in [0.1, 0.15) is 35.9 Å². The quantitative estimate of drug-likeness (QED) is 0.864. The maximum atomic E-state index is 13.2. The summed E-state index contributed by atoms with van der Waals surface area (Å²) in [5.41, 5.74) is 0.342. The Kier molecular flexibility index (Phi) is 5.34. The average Bonchev–Trinajstić information content (AvgIpc) is 2.94. The van der Waals surface area contributed by atoms with Crippen molar-refractivity contribution in [2.75, 3.05) is 11.9 Å². The molecule has 1 aromatic carbocycles. The zero-order valence-corrected chi connectivity index (χ0v) is 15.2.